The molecule has 0 fully saturated rings. The van der Waals surface area contributed by atoms with Gasteiger partial charge in [0.1, 0.15) is 5.75 Å². The van der Waals surface area contributed by atoms with Crippen molar-refractivity contribution in [3.8, 4) is 5.75 Å². The standard InChI is InChI=1S/C15H13BrO2/c1-11-5-2-3-8-15(11)18-10-14(17)12-6-4-7-13(16)9-12/h2-9H,10H2,1H3. The summed E-state index contributed by atoms with van der Waals surface area (Å²) in [6.07, 6.45) is 0. The average Bonchev–Trinajstić information content (AvgIpc) is 2.37. The van der Waals surface area contributed by atoms with Crippen molar-refractivity contribution in [1.29, 1.82) is 0 Å². The monoisotopic (exact) mass is 304 g/mol. The Balaban J connectivity index is 2.03. The number of Topliss-reactive ketones (excluding diaryl/α,β-unsaturated/α-hetero) is 1. The number of hydrogen-bond acceptors (Lipinski definition) is 2. The molecule has 0 N–H and O–H groups in total. The molecule has 2 nitrogen and oxygen atoms in total. The molecule has 0 amide bonds. The van der Waals surface area contributed by atoms with E-state index in [2.05, 4.69) is 15.9 Å². The number of carbonyl (C=O) groups excluding carboxylic acids is 1. The number of aryl methyl sites for hydroxylation is 1. The third-order valence-corrected chi connectivity index (χ3v) is 3.09. The molecular formula is C15H13BrO2. The SMILES string of the molecule is Cc1ccccc1OCC(=O)c1cccc(Br)c1. The molecule has 92 valence electrons. The summed E-state index contributed by atoms with van der Waals surface area (Å²) in [6, 6.07) is 15.0. The number of carbonyl (C=O) groups is 1. The number of hydrogen-bond donors (Lipinski definition) is 0. The van der Waals surface area contributed by atoms with Crippen LogP contribution in [0.5, 0.6) is 5.75 Å². The summed E-state index contributed by atoms with van der Waals surface area (Å²) in [5, 5.41) is 0. The predicted molar refractivity (Wildman–Crippen MR) is 75.1 cm³/mol. The van der Waals surface area contributed by atoms with Crippen LogP contribution in [0.1, 0.15) is 15.9 Å². The molecule has 2 rings (SSSR count). The molecular weight excluding hydrogens is 292 g/mol. The van der Waals surface area contributed by atoms with E-state index in [-0.39, 0.29) is 12.4 Å². The average molecular weight is 305 g/mol. The molecule has 0 atom stereocenters. The Bertz CT molecular complexity index is 564. The van der Waals surface area contributed by atoms with Crippen LogP contribution in [0.25, 0.3) is 0 Å². The number of para-hydroxylation sites is 1. The van der Waals surface area contributed by atoms with Crippen LogP contribution < -0.4 is 4.74 Å². The van der Waals surface area contributed by atoms with Gasteiger partial charge in [0.2, 0.25) is 0 Å². The van der Waals surface area contributed by atoms with Crippen molar-refractivity contribution < 1.29 is 9.53 Å². The topological polar surface area (TPSA) is 26.3 Å². The van der Waals surface area contributed by atoms with Gasteiger partial charge in [0.05, 0.1) is 0 Å². The van der Waals surface area contributed by atoms with Crippen LogP contribution >= 0.6 is 15.9 Å². The van der Waals surface area contributed by atoms with Gasteiger partial charge in [-0.15, -0.1) is 0 Å². The minimum Gasteiger partial charge on any atom is -0.485 e. The highest BCUT2D eigenvalue weighted by Crippen LogP contribution is 2.17. The van der Waals surface area contributed by atoms with E-state index in [0.29, 0.717) is 5.56 Å². The zero-order valence-electron chi connectivity index (χ0n) is 10.0. The Morgan fingerprint density at radius 2 is 1.94 bits per heavy atom. The van der Waals surface area contributed by atoms with E-state index in [9.17, 15) is 4.79 Å². The highest BCUT2D eigenvalue weighted by Gasteiger charge is 2.07. The lowest BCUT2D eigenvalue weighted by atomic mass is 10.1. The van der Waals surface area contributed by atoms with Gasteiger partial charge in [-0.05, 0) is 30.7 Å². The van der Waals surface area contributed by atoms with E-state index in [1.54, 1.807) is 12.1 Å². The number of ether oxygens (including phenoxy) is 1. The molecule has 0 saturated heterocycles. The summed E-state index contributed by atoms with van der Waals surface area (Å²) in [5.74, 6) is 0.723. The highest BCUT2D eigenvalue weighted by atomic mass is 79.9. The molecule has 0 radical (unpaired) electrons. The van der Waals surface area contributed by atoms with E-state index >= 15 is 0 Å². The zero-order valence-corrected chi connectivity index (χ0v) is 11.6. The molecule has 0 aliphatic rings. The number of benzene rings is 2. The van der Waals surface area contributed by atoms with Crippen LogP contribution in [0.3, 0.4) is 0 Å². The van der Waals surface area contributed by atoms with E-state index < -0.39 is 0 Å². The summed E-state index contributed by atoms with van der Waals surface area (Å²) in [5.41, 5.74) is 1.68. The fourth-order valence-corrected chi connectivity index (χ4v) is 2.01. The Kier molecular flexibility index (Phi) is 4.15. The third kappa shape index (κ3) is 3.20. The maximum absolute atomic E-state index is 11.9. The first-order valence-electron chi connectivity index (χ1n) is 5.64. The Labute approximate surface area is 115 Å². The van der Waals surface area contributed by atoms with E-state index in [1.807, 2.05) is 43.3 Å². The summed E-state index contributed by atoms with van der Waals surface area (Å²) in [4.78, 5) is 11.9. The zero-order chi connectivity index (χ0) is 13.0. The molecule has 0 aliphatic heterocycles. The van der Waals surface area contributed by atoms with Gasteiger partial charge in [-0.25, -0.2) is 0 Å². The Morgan fingerprint density at radius 1 is 1.17 bits per heavy atom. The van der Waals surface area contributed by atoms with Crippen LogP contribution in [-0.4, -0.2) is 12.4 Å². The number of rotatable bonds is 4. The minimum atomic E-state index is -0.0282. The van der Waals surface area contributed by atoms with Crippen LogP contribution in [0.2, 0.25) is 0 Å². The maximum atomic E-state index is 11.9. The first kappa shape index (κ1) is 12.8. The second-order valence-corrected chi connectivity index (χ2v) is 4.90. The quantitative estimate of drug-likeness (QED) is 0.798. The lowest BCUT2D eigenvalue weighted by Crippen LogP contribution is -2.12. The highest BCUT2D eigenvalue weighted by molar-refractivity contribution is 9.10. The molecule has 2 aromatic carbocycles. The second-order valence-electron chi connectivity index (χ2n) is 3.99. The molecule has 2 aromatic rings. The Morgan fingerprint density at radius 3 is 2.67 bits per heavy atom. The fourth-order valence-electron chi connectivity index (χ4n) is 1.61. The van der Waals surface area contributed by atoms with Crippen LogP contribution in [-0.2, 0) is 0 Å². The summed E-state index contributed by atoms with van der Waals surface area (Å²) >= 11 is 3.35. The molecule has 0 saturated carbocycles. The van der Waals surface area contributed by atoms with Crippen molar-refractivity contribution in [2.45, 2.75) is 6.92 Å². The maximum Gasteiger partial charge on any atom is 0.200 e. The molecule has 0 unspecified atom stereocenters. The van der Waals surface area contributed by atoms with Gasteiger partial charge in [-0.3, -0.25) is 4.79 Å². The van der Waals surface area contributed by atoms with Gasteiger partial charge in [-0.1, -0.05) is 46.3 Å². The fraction of sp³-hybridized carbons (Fsp3) is 0.133. The molecule has 3 heteroatoms. The van der Waals surface area contributed by atoms with E-state index in [4.69, 9.17) is 4.74 Å². The second kappa shape index (κ2) is 5.83. The lowest BCUT2D eigenvalue weighted by Gasteiger charge is -2.08. The minimum absolute atomic E-state index is 0.0282. The van der Waals surface area contributed by atoms with Crippen molar-refractivity contribution in [3.63, 3.8) is 0 Å². The van der Waals surface area contributed by atoms with Gasteiger partial charge < -0.3 is 4.74 Å². The first-order valence-corrected chi connectivity index (χ1v) is 6.43. The smallest absolute Gasteiger partial charge is 0.200 e. The van der Waals surface area contributed by atoms with Crippen LogP contribution in [0.4, 0.5) is 0 Å². The van der Waals surface area contributed by atoms with Crippen LogP contribution in [0, 0.1) is 6.92 Å². The van der Waals surface area contributed by atoms with Gasteiger partial charge in [0.15, 0.2) is 12.4 Å². The summed E-state index contributed by atoms with van der Waals surface area (Å²) < 4.78 is 6.42. The summed E-state index contributed by atoms with van der Waals surface area (Å²) in [7, 11) is 0. The molecule has 0 aromatic heterocycles. The van der Waals surface area contributed by atoms with E-state index in [0.717, 1.165) is 15.8 Å². The largest absolute Gasteiger partial charge is 0.485 e. The number of ketones is 1. The van der Waals surface area contributed by atoms with Gasteiger partial charge >= 0.3 is 0 Å². The normalized spacial score (nSPS) is 10.1. The molecule has 0 spiro atoms. The number of halogens is 1. The third-order valence-electron chi connectivity index (χ3n) is 2.60. The van der Waals surface area contributed by atoms with Crippen LogP contribution in [0.15, 0.2) is 53.0 Å². The molecule has 0 bridgehead atoms. The predicted octanol–water partition coefficient (Wildman–Crippen LogP) is 4.02. The summed E-state index contributed by atoms with van der Waals surface area (Å²) in [6.45, 7) is 2.01. The first-order chi connectivity index (χ1) is 8.66. The molecule has 0 aliphatic carbocycles. The lowest BCUT2D eigenvalue weighted by molar-refractivity contribution is 0.0921. The Hall–Kier alpha value is -1.61. The van der Waals surface area contributed by atoms with Crippen molar-refractivity contribution in [3.05, 3.63) is 64.1 Å². The van der Waals surface area contributed by atoms with E-state index in [1.165, 1.54) is 0 Å². The van der Waals surface area contributed by atoms with Crippen molar-refractivity contribution in [1.82, 2.24) is 0 Å². The van der Waals surface area contributed by atoms with Gasteiger partial charge in [-0.2, -0.15) is 0 Å². The molecule has 0 heterocycles. The van der Waals surface area contributed by atoms with Gasteiger partial charge in [0, 0.05) is 10.0 Å². The van der Waals surface area contributed by atoms with Gasteiger partial charge in [0.25, 0.3) is 0 Å². The molecule has 18 heavy (non-hydrogen) atoms. The van der Waals surface area contributed by atoms with Crippen molar-refractivity contribution in [2.24, 2.45) is 0 Å². The van der Waals surface area contributed by atoms with Crippen molar-refractivity contribution >= 4 is 21.7 Å². The van der Waals surface area contributed by atoms with Crippen molar-refractivity contribution in [2.75, 3.05) is 6.61 Å².